The monoisotopic (exact) mass is 338 g/mol. The van der Waals surface area contributed by atoms with Crippen LogP contribution in [-0.4, -0.2) is 28.2 Å². The number of thioether (sulfide) groups is 1. The van der Waals surface area contributed by atoms with Crippen molar-refractivity contribution in [2.45, 2.75) is 23.8 Å². The van der Waals surface area contributed by atoms with Gasteiger partial charge in [0.2, 0.25) is 0 Å². The molecular formula is C10H15IN2OS. The number of rotatable bonds is 3. The van der Waals surface area contributed by atoms with Crippen molar-refractivity contribution in [2.75, 3.05) is 13.2 Å². The molecule has 5 heteroatoms. The van der Waals surface area contributed by atoms with E-state index in [9.17, 15) is 0 Å². The summed E-state index contributed by atoms with van der Waals surface area (Å²) in [6.07, 6.45) is 4.42. The fraction of sp³-hybridized carbons (Fsp3) is 0.700. The molecule has 0 saturated carbocycles. The second kappa shape index (κ2) is 5.54. The zero-order valence-electron chi connectivity index (χ0n) is 8.78. The summed E-state index contributed by atoms with van der Waals surface area (Å²) in [7, 11) is 2.01. The van der Waals surface area contributed by atoms with E-state index in [4.69, 9.17) is 4.74 Å². The lowest BCUT2D eigenvalue weighted by atomic mass is 10.2. The van der Waals surface area contributed by atoms with Crippen molar-refractivity contribution in [3.05, 3.63) is 15.5 Å². The molecule has 1 atom stereocenters. The van der Waals surface area contributed by atoms with Crippen molar-refractivity contribution in [1.82, 2.24) is 9.78 Å². The first-order valence-corrected chi connectivity index (χ1v) is 7.26. The highest BCUT2D eigenvalue weighted by atomic mass is 127. The number of halogens is 1. The molecule has 0 aliphatic carbocycles. The highest BCUT2D eigenvalue weighted by Gasteiger charge is 2.15. The van der Waals surface area contributed by atoms with Crippen molar-refractivity contribution in [3.63, 3.8) is 0 Å². The highest BCUT2D eigenvalue weighted by molar-refractivity contribution is 14.1. The molecule has 15 heavy (non-hydrogen) atoms. The SMILES string of the molecule is Cn1ncc(I)c1CS[C@@H]1CCCOC1. The maximum absolute atomic E-state index is 5.47. The molecule has 1 fully saturated rings. The van der Waals surface area contributed by atoms with Crippen molar-refractivity contribution < 1.29 is 4.74 Å². The van der Waals surface area contributed by atoms with E-state index >= 15 is 0 Å². The summed E-state index contributed by atoms with van der Waals surface area (Å²) in [6.45, 7) is 1.86. The topological polar surface area (TPSA) is 27.1 Å². The van der Waals surface area contributed by atoms with E-state index in [2.05, 4.69) is 27.7 Å². The predicted molar refractivity (Wildman–Crippen MR) is 71.1 cm³/mol. The number of ether oxygens (including phenoxy) is 1. The fourth-order valence-electron chi connectivity index (χ4n) is 1.64. The molecule has 0 aromatic carbocycles. The molecule has 1 aliphatic heterocycles. The van der Waals surface area contributed by atoms with Crippen LogP contribution in [0, 0.1) is 3.57 Å². The summed E-state index contributed by atoms with van der Waals surface area (Å²) in [6, 6.07) is 0. The van der Waals surface area contributed by atoms with Crippen molar-refractivity contribution >= 4 is 34.4 Å². The van der Waals surface area contributed by atoms with E-state index in [1.165, 1.54) is 22.1 Å². The van der Waals surface area contributed by atoms with Gasteiger partial charge in [0, 0.05) is 24.7 Å². The molecule has 84 valence electrons. The molecular weight excluding hydrogens is 323 g/mol. The smallest absolute Gasteiger partial charge is 0.0626 e. The van der Waals surface area contributed by atoms with E-state index in [0.717, 1.165) is 19.0 Å². The highest BCUT2D eigenvalue weighted by Crippen LogP contribution is 2.26. The van der Waals surface area contributed by atoms with Crippen LogP contribution in [0.2, 0.25) is 0 Å². The lowest BCUT2D eigenvalue weighted by Gasteiger charge is -2.21. The van der Waals surface area contributed by atoms with Crippen LogP contribution in [0.5, 0.6) is 0 Å². The third-order valence-electron chi connectivity index (χ3n) is 2.58. The zero-order chi connectivity index (χ0) is 10.7. The van der Waals surface area contributed by atoms with Gasteiger partial charge in [0.1, 0.15) is 0 Å². The molecule has 2 heterocycles. The number of aromatic nitrogens is 2. The Morgan fingerprint density at radius 3 is 3.20 bits per heavy atom. The first kappa shape index (κ1) is 11.7. The van der Waals surface area contributed by atoms with Gasteiger partial charge in [-0.05, 0) is 35.4 Å². The Bertz CT molecular complexity index is 304. The molecule has 0 bridgehead atoms. The first-order chi connectivity index (χ1) is 7.27. The molecule has 3 nitrogen and oxygen atoms in total. The van der Waals surface area contributed by atoms with E-state index < -0.39 is 0 Å². The Morgan fingerprint density at radius 2 is 2.60 bits per heavy atom. The van der Waals surface area contributed by atoms with E-state index in [0.29, 0.717) is 5.25 Å². The molecule has 0 radical (unpaired) electrons. The van der Waals surface area contributed by atoms with Crippen molar-refractivity contribution in [3.8, 4) is 0 Å². The van der Waals surface area contributed by atoms with Gasteiger partial charge >= 0.3 is 0 Å². The van der Waals surface area contributed by atoms with E-state index in [1.54, 1.807) is 0 Å². The van der Waals surface area contributed by atoms with Gasteiger partial charge in [-0.15, -0.1) is 11.8 Å². The largest absolute Gasteiger partial charge is 0.380 e. The van der Waals surface area contributed by atoms with E-state index in [1.807, 2.05) is 29.7 Å². The van der Waals surface area contributed by atoms with Crippen LogP contribution in [-0.2, 0) is 17.5 Å². The van der Waals surface area contributed by atoms with Gasteiger partial charge in [-0.2, -0.15) is 5.10 Å². The van der Waals surface area contributed by atoms with Gasteiger partial charge in [-0.3, -0.25) is 4.68 Å². The summed E-state index contributed by atoms with van der Waals surface area (Å²) in [5.74, 6) is 1.04. The van der Waals surface area contributed by atoms with Crippen LogP contribution in [0.1, 0.15) is 18.5 Å². The number of nitrogens with zero attached hydrogens (tertiary/aromatic N) is 2. The van der Waals surface area contributed by atoms with Crippen LogP contribution in [0.25, 0.3) is 0 Å². The fourth-order valence-corrected chi connectivity index (χ4v) is 3.82. The van der Waals surface area contributed by atoms with Crippen LogP contribution in [0.3, 0.4) is 0 Å². The summed E-state index contributed by atoms with van der Waals surface area (Å²) >= 11 is 4.34. The van der Waals surface area contributed by atoms with Crippen LogP contribution in [0.15, 0.2) is 6.20 Å². The molecule has 1 aromatic heterocycles. The van der Waals surface area contributed by atoms with Crippen LogP contribution < -0.4 is 0 Å². The lowest BCUT2D eigenvalue weighted by Crippen LogP contribution is -2.19. The average molecular weight is 338 g/mol. The third-order valence-corrected chi connectivity index (χ3v) is 4.77. The molecule has 0 spiro atoms. The van der Waals surface area contributed by atoms with Gasteiger partial charge in [0.05, 0.1) is 22.1 Å². The van der Waals surface area contributed by atoms with Gasteiger partial charge in [0.15, 0.2) is 0 Å². The Kier molecular flexibility index (Phi) is 4.33. The minimum Gasteiger partial charge on any atom is -0.380 e. The van der Waals surface area contributed by atoms with Gasteiger partial charge in [0.25, 0.3) is 0 Å². The number of hydrogen-bond acceptors (Lipinski definition) is 3. The van der Waals surface area contributed by atoms with Crippen molar-refractivity contribution in [2.24, 2.45) is 7.05 Å². The van der Waals surface area contributed by atoms with Gasteiger partial charge in [-0.1, -0.05) is 0 Å². The zero-order valence-corrected chi connectivity index (χ0v) is 11.8. The quantitative estimate of drug-likeness (QED) is 0.792. The van der Waals surface area contributed by atoms with Gasteiger partial charge < -0.3 is 4.74 Å². The summed E-state index contributed by atoms with van der Waals surface area (Å²) in [5, 5.41) is 4.92. The minimum atomic E-state index is 0.671. The lowest BCUT2D eigenvalue weighted by molar-refractivity contribution is 0.101. The Hall–Kier alpha value is 0.250. The second-order valence-electron chi connectivity index (χ2n) is 3.71. The standard InChI is InChI=1S/C10H15IN2OS/c1-13-10(9(11)5-12-13)7-15-8-3-2-4-14-6-8/h5,8H,2-4,6-7H2,1H3/t8-/m1/s1. The molecule has 1 aliphatic rings. The maximum Gasteiger partial charge on any atom is 0.0626 e. The molecule has 0 N–H and O–H groups in total. The molecule has 2 rings (SSSR count). The molecule has 0 amide bonds. The Morgan fingerprint density at radius 1 is 1.73 bits per heavy atom. The molecule has 1 aromatic rings. The van der Waals surface area contributed by atoms with Crippen LogP contribution in [0.4, 0.5) is 0 Å². The summed E-state index contributed by atoms with van der Waals surface area (Å²) in [5.41, 5.74) is 1.33. The minimum absolute atomic E-state index is 0.671. The Labute approximate surface area is 108 Å². The van der Waals surface area contributed by atoms with Crippen LogP contribution >= 0.6 is 34.4 Å². The average Bonchev–Trinajstić information content (AvgIpc) is 2.58. The maximum atomic E-state index is 5.47. The predicted octanol–water partition coefficient (Wildman–Crippen LogP) is 2.44. The number of hydrogen-bond donors (Lipinski definition) is 0. The summed E-state index contributed by atoms with van der Waals surface area (Å²) in [4.78, 5) is 0. The second-order valence-corrected chi connectivity index (χ2v) is 6.16. The molecule has 1 saturated heterocycles. The molecule has 0 unspecified atom stereocenters. The normalized spacial score (nSPS) is 21.9. The number of aryl methyl sites for hydroxylation is 1. The van der Waals surface area contributed by atoms with E-state index in [-0.39, 0.29) is 0 Å². The van der Waals surface area contributed by atoms with Crippen molar-refractivity contribution in [1.29, 1.82) is 0 Å². The first-order valence-electron chi connectivity index (χ1n) is 5.13. The summed E-state index contributed by atoms with van der Waals surface area (Å²) < 4.78 is 8.70. The third kappa shape index (κ3) is 3.10. The Balaban J connectivity index is 1.87. The van der Waals surface area contributed by atoms with Gasteiger partial charge in [-0.25, -0.2) is 0 Å².